The second-order valence-electron chi connectivity index (χ2n) is 8.42. The lowest BCUT2D eigenvalue weighted by atomic mass is 10.1. The number of sulfonamides is 1. The molecule has 1 aliphatic rings. The summed E-state index contributed by atoms with van der Waals surface area (Å²) < 4.78 is 73.6. The number of halogens is 3. The minimum atomic E-state index is -4.78. The Morgan fingerprint density at radius 1 is 1.24 bits per heavy atom. The van der Waals surface area contributed by atoms with Gasteiger partial charge >= 0.3 is 12.3 Å². The third-order valence-electron chi connectivity index (χ3n) is 5.71. The fraction of sp³-hybridized carbons (Fsp3) is 0.261. The summed E-state index contributed by atoms with van der Waals surface area (Å²) in [7, 11) is -4.59. The van der Waals surface area contributed by atoms with Gasteiger partial charge in [0.1, 0.15) is 11.9 Å². The van der Waals surface area contributed by atoms with E-state index in [4.69, 9.17) is 9.84 Å². The number of benzene rings is 2. The number of carbonyl (C=O) groups is 2. The number of carbonyl (C=O) groups excluding carboxylic acids is 1. The molecule has 0 saturated carbocycles. The van der Waals surface area contributed by atoms with Crippen LogP contribution in [0.15, 0.2) is 53.6 Å². The number of alkyl halides is 3. The topological polar surface area (TPSA) is 154 Å². The second kappa shape index (κ2) is 10.2. The van der Waals surface area contributed by atoms with Crippen LogP contribution in [0.1, 0.15) is 23.2 Å². The molecule has 11 nitrogen and oxygen atoms in total. The third kappa shape index (κ3) is 5.82. The van der Waals surface area contributed by atoms with Crippen molar-refractivity contribution in [1.29, 1.82) is 0 Å². The van der Waals surface area contributed by atoms with E-state index in [2.05, 4.69) is 20.8 Å². The molecule has 0 bridgehead atoms. The van der Waals surface area contributed by atoms with Crippen molar-refractivity contribution >= 4 is 33.4 Å². The van der Waals surface area contributed by atoms with Crippen LogP contribution in [0.5, 0.6) is 5.75 Å². The van der Waals surface area contributed by atoms with Gasteiger partial charge in [-0.2, -0.15) is 18.3 Å². The highest BCUT2D eigenvalue weighted by Gasteiger charge is 2.37. The van der Waals surface area contributed by atoms with Crippen molar-refractivity contribution in [2.75, 3.05) is 16.2 Å². The molecule has 1 aliphatic heterocycles. The summed E-state index contributed by atoms with van der Waals surface area (Å²) in [5, 5.41) is 20.4. The maximum absolute atomic E-state index is 13.6. The maximum Gasteiger partial charge on any atom is 0.416 e. The fourth-order valence-electron chi connectivity index (χ4n) is 3.83. The van der Waals surface area contributed by atoms with E-state index in [9.17, 15) is 31.2 Å². The lowest BCUT2D eigenvalue weighted by molar-refractivity contribution is -0.137. The summed E-state index contributed by atoms with van der Waals surface area (Å²) in [5.74, 6) is -0.453. The largest absolute Gasteiger partial charge is 0.486 e. The average molecular weight is 554 g/mol. The van der Waals surface area contributed by atoms with E-state index in [1.165, 1.54) is 18.2 Å². The van der Waals surface area contributed by atoms with Gasteiger partial charge in [-0.3, -0.25) is 19.5 Å². The van der Waals surface area contributed by atoms with Crippen molar-refractivity contribution in [1.82, 2.24) is 15.5 Å². The van der Waals surface area contributed by atoms with Crippen LogP contribution in [0.2, 0.25) is 0 Å². The number of fused-ring (bicyclic) bond motifs is 1. The number of H-pyrrole nitrogens is 1. The molecule has 3 aromatic rings. The molecule has 0 fully saturated rings. The van der Waals surface area contributed by atoms with Crippen LogP contribution in [0, 0.1) is 6.92 Å². The Balaban J connectivity index is 1.65. The molecule has 0 saturated heterocycles. The number of rotatable bonds is 7. The van der Waals surface area contributed by atoms with Crippen LogP contribution >= 0.6 is 0 Å². The predicted octanol–water partition coefficient (Wildman–Crippen LogP) is 3.49. The first-order valence-corrected chi connectivity index (χ1v) is 12.5. The van der Waals surface area contributed by atoms with Gasteiger partial charge in [-0.25, -0.2) is 13.2 Å². The number of aromatic amines is 1. The molecule has 4 rings (SSSR count). The van der Waals surface area contributed by atoms with E-state index >= 15 is 0 Å². The molecule has 1 aromatic heterocycles. The molecule has 202 valence electrons. The van der Waals surface area contributed by atoms with Crippen LogP contribution in [0.4, 0.5) is 29.3 Å². The molecular weight excluding hydrogens is 531 g/mol. The first-order chi connectivity index (χ1) is 17.8. The normalized spacial score (nSPS) is 15.4. The van der Waals surface area contributed by atoms with Crippen molar-refractivity contribution in [2.24, 2.45) is 0 Å². The lowest BCUT2D eigenvalue weighted by Gasteiger charge is -2.35. The summed E-state index contributed by atoms with van der Waals surface area (Å²) in [6, 6.07) is 7.08. The molecule has 2 aromatic carbocycles. The number of hydrogen-bond donors (Lipinski definition) is 4. The van der Waals surface area contributed by atoms with E-state index < -0.39 is 51.3 Å². The molecule has 38 heavy (non-hydrogen) atoms. The molecular formula is C23H22F3N5O6S. The van der Waals surface area contributed by atoms with Crippen molar-refractivity contribution in [3.63, 3.8) is 0 Å². The standard InChI is InChI=1S/C23H22F3N5O6S/c1-13-14(11-28-30-13)10-27-21(32)9-17-12-31(19-8-16(29-22(33)34)5-6-20(19)37-17)38(35,36)18-4-2-3-15(7-18)23(24,25)26/h2-8,11,17,29H,9-10,12H2,1H3,(H,27,32)(H,28,30)(H,33,34). The minimum absolute atomic E-state index is 0.00576. The van der Waals surface area contributed by atoms with E-state index in [1.807, 2.05) is 0 Å². The monoisotopic (exact) mass is 553 g/mol. The van der Waals surface area contributed by atoms with Gasteiger partial charge in [0.15, 0.2) is 0 Å². The van der Waals surface area contributed by atoms with Crippen molar-refractivity contribution in [3.05, 3.63) is 65.5 Å². The Morgan fingerprint density at radius 3 is 2.66 bits per heavy atom. The van der Waals surface area contributed by atoms with E-state index in [0.717, 1.165) is 33.8 Å². The average Bonchev–Trinajstić information content (AvgIpc) is 3.26. The molecule has 4 N–H and O–H groups in total. The quantitative estimate of drug-likeness (QED) is 0.349. The molecule has 2 amide bonds. The van der Waals surface area contributed by atoms with Crippen molar-refractivity contribution in [3.8, 4) is 5.75 Å². The molecule has 0 radical (unpaired) electrons. The smallest absolute Gasteiger partial charge is 0.416 e. The highest BCUT2D eigenvalue weighted by Crippen LogP contribution is 2.40. The molecule has 0 aliphatic carbocycles. The highest BCUT2D eigenvalue weighted by atomic mass is 32.2. The first-order valence-electron chi connectivity index (χ1n) is 11.1. The zero-order valence-electron chi connectivity index (χ0n) is 19.7. The highest BCUT2D eigenvalue weighted by molar-refractivity contribution is 7.92. The summed E-state index contributed by atoms with van der Waals surface area (Å²) in [6.07, 6.45) is -5.89. The van der Waals surface area contributed by atoms with E-state index in [1.54, 1.807) is 13.1 Å². The SMILES string of the molecule is Cc1[nH]ncc1CNC(=O)CC1CN(S(=O)(=O)c2cccc(C(F)(F)F)c2)c2cc(NC(=O)O)ccc2O1. The van der Waals surface area contributed by atoms with Crippen LogP contribution in [-0.4, -0.2) is 48.4 Å². The zero-order valence-corrected chi connectivity index (χ0v) is 20.6. The lowest BCUT2D eigenvalue weighted by Crippen LogP contribution is -2.45. The van der Waals surface area contributed by atoms with Gasteiger partial charge in [0.25, 0.3) is 10.0 Å². The number of aryl methyl sites for hydroxylation is 1. The molecule has 2 heterocycles. The third-order valence-corrected chi connectivity index (χ3v) is 7.49. The van der Waals surface area contributed by atoms with E-state index in [0.29, 0.717) is 6.07 Å². The van der Waals surface area contributed by atoms with Gasteiger partial charge in [0, 0.05) is 23.5 Å². The zero-order chi connectivity index (χ0) is 27.7. The molecule has 1 unspecified atom stereocenters. The number of aromatic nitrogens is 2. The second-order valence-corrected chi connectivity index (χ2v) is 10.3. The minimum Gasteiger partial charge on any atom is -0.486 e. The van der Waals surface area contributed by atoms with Gasteiger partial charge in [-0.15, -0.1) is 0 Å². The summed E-state index contributed by atoms with van der Waals surface area (Å²) in [4.78, 5) is 23.0. The van der Waals surface area contributed by atoms with Crippen LogP contribution in [0.25, 0.3) is 0 Å². The Labute approximate surface area is 214 Å². The number of hydrogen-bond acceptors (Lipinski definition) is 6. The van der Waals surface area contributed by atoms with Gasteiger partial charge in [-0.1, -0.05) is 6.07 Å². The summed E-state index contributed by atoms with van der Waals surface area (Å²) in [5.41, 5.74) is 0.270. The number of nitrogens with zero attached hydrogens (tertiary/aromatic N) is 2. The Hall–Kier alpha value is -4.27. The number of ether oxygens (including phenoxy) is 1. The summed E-state index contributed by atoms with van der Waals surface area (Å²) >= 11 is 0. The molecule has 15 heteroatoms. The Bertz CT molecular complexity index is 1470. The van der Waals surface area contributed by atoms with E-state index in [-0.39, 0.29) is 30.1 Å². The number of amides is 2. The van der Waals surface area contributed by atoms with Gasteiger partial charge in [-0.05, 0) is 43.3 Å². The molecule has 1 atom stereocenters. The van der Waals surface area contributed by atoms with Gasteiger partial charge in [0.2, 0.25) is 5.91 Å². The molecule has 0 spiro atoms. The number of anilines is 2. The van der Waals surface area contributed by atoms with Crippen LogP contribution in [0.3, 0.4) is 0 Å². The van der Waals surface area contributed by atoms with Crippen molar-refractivity contribution < 1.29 is 41.0 Å². The van der Waals surface area contributed by atoms with Crippen LogP contribution < -0.4 is 19.7 Å². The van der Waals surface area contributed by atoms with Gasteiger partial charge in [0.05, 0.1) is 35.3 Å². The maximum atomic E-state index is 13.6. The fourth-order valence-corrected chi connectivity index (χ4v) is 5.38. The van der Waals surface area contributed by atoms with Crippen molar-refractivity contribution in [2.45, 2.75) is 37.1 Å². The first kappa shape index (κ1) is 26.8. The summed E-state index contributed by atoms with van der Waals surface area (Å²) in [6.45, 7) is 1.53. The number of carboxylic acid groups (broad SMARTS) is 1. The Kier molecular flexibility index (Phi) is 7.22. The number of nitrogens with one attached hydrogen (secondary N) is 3. The van der Waals surface area contributed by atoms with Gasteiger partial charge < -0.3 is 15.2 Å². The predicted molar refractivity (Wildman–Crippen MR) is 128 cm³/mol. The van der Waals surface area contributed by atoms with Crippen LogP contribution in [-0.2, 0) is 27.5 Å². The Morgan fingerprint density at radius 2 is 2.00 bits per heavy atom.